The number of halogens is 5. The maximum Gasteiger partial charge on any atom is 0.419 e. The van der Waals surface area contributed by atoms with Crippen LogP contribution in [-0.4, -0.2) is 15.9 Å². The lowest BCUT2D eigenvalue weighted by atomic mass is 9.88. The van der Waals surface area contributed by atoms with Crippen LogP contribution in [0.2, 0.25) is 0 Å². The molecule has 1 fully saturated rings. The molecule has 0 radical (unpaired) electrons. The third kappa shape index (κ3) is 3.69. The molecule has 0 spiro atoms. The van der Waals surface area contributed by atoms with Gasteiger partial charge in [-0.3, -0.25) is 14.6 Å². The molecule has 6 nitrogen and oxygen atoms in total. The average Bonchev–Trinajstić information content (AvgIpc) is 3.54. The topological polar surface area (TPSA) is 98.6 Å². The highest BCUT2D eigenvalue weighted by atomic mass is 19.4. The van der Waals surface area contributed by atoms with Crippen molar-refractivity contribution in [2.45, 2.75) is 44.3 Å². The molecule has 0 bridgehead atoms. The Balaban J connectivity index is 1.78. The first-order chi connectivity index (χ1) is 15.9. The monoisotopic (exact) mass is 476 g/mol. The van der Waals surface area contributed by atoms with Gasteiger partial charge < -0.3 is 10.3 Å². The standard InChI is InChI=1S/C23H17F5N4O2/c1-10-16-15(4-3-13(24)18(16)23(26,27)28)32-20(33)17(10)22(5-6-22)21(34)31-11(2)19-14(25)7-12(8-29)9-30-19/h3-4,7,9,11H,5-6H2,1-2H3,(H,31,34)(H,32,33)/t11-/m1/s1. The van der Waals surface area contributed by atoms with Crippen molar-refractivity contribution in [2.75, 3.05) is 0 Å². The molecule has 4 rings (SSSR count). The van der Waals surface area contributed by atoms with Gasteiger partial charge in [-0.15, -0.1) is 0 Å². The molecule has 0 aliphatic heterocycles. The van der Waals surface area contributed by atoms with Crippen LogP contribution < -0.4 is 10.9 Å². The third-order valence-electron chi connectivity index (χ3n) is 6.08. The van der Waals surface area contributed by atoms with Crippen LogP contribution in [0.15, 0.2) is 29.2 Å². The van der Waals surface area contributed by atoms with E-state index in [1.807, 2.05) is 0 Å². The molecule has 0 unspecified atom stereocenters. The van der Waals surface area contributed by atoms with E-state index in [0.29, 0.717) is 6.07 Å². The molecule has 176 valence electrons. The molecular formula is C23H17F5N4O2. The number of nitriles is 1. The number of benzene rings is 1. The summed E-state index contributed by atoms with van der Waals surface area (Å²) >= 11 is 0. The quantitative estimate of drug-likeness (QED) is 0.549. The van der Waals surface area contributed by atoms with E-state index in [1.54, 1.807) is 6.07 Å². The number of aromatic amines is 1. The molecular weight excluding hydrogens is 459 g/mol. The van der Waals surface area contributed by atoms with Crippen LogP contribution in [0.25, 0.3) is 10.9 Å². The molecule has 2 aromatic heterocycles. The normalized spacial score (nSPS) is 15.6. The first kappa shape index (κ1) is 23.4. The Labute approximate surface area is 189 Å². The second-order valence-corrected chi connectivity index (χ2v) is 8.28. The Kier molecular flexibility index (Phi) is 5.43. The number of carbonyl (C=O) groups excluding carboxylic acids is 1. The number of rotatable bonds is 4. The molecule has 2 heterocycles. The lowest BCUT2D eigenvalue weighted by Crippen LogP contribution is -2.40. The predicted octanol–water partition coefficient (Wildman–Crippen LogP) is 4.31. The Morgan fingerprint density at radius 3 is 2.50 bits per heavy atom. The number of alkyl halides is 3. The zero-order valence-corrected chi connectivity index (χ0v) is 17.9. The SMILES string of the molecule is Cc1c(C2(C(=O)N[C@H](C)c3ncc(C#N)cc3F)CC2)c(=O)[nH]c2ccc(F)c(C(F)(F)F)c12. The highest BCUT2D eigenvalue weighted by Gasteiger charge is 2.54. The van der Waals surface area contributed by atoms with Gasteiger partial charge in [0.1, 0.15) is 23.3 Å². The lowest BCUT2D eigenvalue weighted by Gasteiger charge is -2.22. The van der Waals surface area contributed by atoms with Gasteiger partial charge in [-0.2, -0.15) is 18.4 Å². The Morgan fingerprint density at radius 2 is 1.94 bits per heavy atom. The average molecular weight is 476 g/mol. The van der Waals surface area contributed by atoms with E-state index in [0.717, 1.165) is 18.3 Å². The van der Waals surface area contributed by atoms with Gasteiger partial charge in [-0.05, 0) is 50.5 Å². The first-order valence-corrected chi connectivity index (χ1v) is 10.2. The van der Waals surface area contributed by atoms with Crippen LogP contribution in [-0.2, 0) is 16.4 Å². The predicted molar refractivity (Wildman–Crippen MR) is 111 cm³/mol. The molecule has 1 aliphatic rings. The minimum Gasteiger partial charge on any atom is -0.347 e. The van der Waals surface area contributed by atoms with Crippen molar-refractivity contribution in [1.82, 2.24) is 15.3 Å². The minimum atomic E-state index is -5.03. The number of nitrogens with zero attached hydrogens (tertiary/aromatic N) is 2. The molecule has 1 saturated carbocycles. The molecule has 11 heteroatoms. The molecule has 1 aromatic carbocycles. The molecule has 1 aliphatic carbocycles. The smallest absolute Gasteiger partial charge is 0.347 e. The van der Waals surface area contributed by atoms with Crippen molar-refractivity contribution >= 4 is 16.8 Å². The third-order valence-corrected chi connectivity index (χ3v) is 6.08. The summed E-state index contributed by atoms with van der Waals surface area (Å²) in [6.07, 6.45) is -3.56. The minimum absolute atomic E-state index is 0.00976. The van der Waals surface area contributed by atoms with Crippen molar-refractivity contribution in [3.05, 3.63) is 74.3 Å². The van der Waals surface area contributed by atoms with E-state index in [4.69, 9.17) is 5.26 Å². The largest absolute Gasteiger partial charge is 0.419 e. The van der Waals surface area contributed by atoms with Crippen molar-refractivity contribution in [2.24, 2.45) is 0 Å². The zero-order chi connectivity index (χ0) is 25.0. The number of hydrogen-bond donors (Lipinski definition) is 2. The van der Waals surface area contributed by atoms with E-state index in [-0.39, 0.29) is 40.7 Å². The highest BCUT2D eigenvalue weighted by molar-refractivity contribution is 5.95. The highest BCUT2D eigenvalue weighted by Crippen LogP contribution is 2.50. The summed E-state index contributed by atoms with van der Waals surface area (Å²) in [6.45, 7) is 2.69. The molecule has 1 amide bonds. The number of aryl methyl sites for hydroxylation is 1. The molecule has 34 heavy (non-hydrogen) atoms. The summed E-state index contributed by atoms with van der Waals surface area (Å²) < 4.78 is 69.4. The van der Waals surface area contributed by atoms with Crippen LogP contribution in [0.4, 0.5) is 22.0 Å². The van der Waals surface area contributed by atoms with Crippen LogP contribution in [0.3, 0.4) is 0 Å². The maximum atomic E-state index is 14.3. The van der Waals surface area contributed by atoms with E-state index in [9.17, 15) is 31.5 Å². The summed E-state index contributed by atoms with van der Waals surface area (Å²) in [5.74, 6) is -3.00. The zero-order valence-electron chi connectivity index (χ0n) is 17.9. The molecule has 0 saturated heterocycles. The van der Waals surface area contributed by atoms with Gasteiger partial charge in [0.25, 0.3) is 5.56 Å². The van der Waals surface area contributed by atoms with Crippen molar-refractivity contribution in [3.63, 3.8) is 0 Å². The number of H-pyrrole nitrogens is 1. The lowest BCUT2D eigenvalue weighted by molar-refractivity contribution is -0.138. The van der Waals surface area contributed by atoms with E-state index in [1.165, 1.54) is 13.8 Å². The van der Waals surface area contributed by atoms with E-state index >= 15 is 0 Å². The number of amides is 1. The molecule has 3 aromatic rings. The van der Waals surface area contributed by atoms with Crippen molar-refractivity contribution in [1.29, 1.82) is 5.26 Å². The van der Waals surface area contributed by atoms with E-state index < -0.39 is 51.7 Å². The summed E-state index contributed by atoms with van der Waals surface area (Å²) in [5, 5.41) is 10.9. The van der Waals surface area contributed by atoms with Gasteiger partial charge in [0, 0.05) is 22.7 Å². The molecule has 2 N–H and O–H groups in total. The van der Waals surface area contributed by atoms with Crippen LogP contribution in [0.1, 0.15) is 53.8 Å². The maximum absolute atomic E-state index is 14.3. The summed E-state index contributed by atoms with van der Waals surface area (Å²) in [4.78, 5) is 32.2. The number of hydrogen-bond acceptors (Lipinski definition) is 4. The van der Waals surface area contributed by atoms with Crippen LogP contribution in [0.5, 0.6) is 0 Å². The van der Waals surface area contributed by atoms with Gasteiger partial charge in [0.05, 0.1) is 22.7 Å². The number of aromatic nitrogens is 2. The fourth-order valence-electron chi connectivity index (χ4n) is 4.35. The number of carbonyl (C=O) groups is 1. The fraction of sp³-hybridized carbons (Fsp3) is 0.304. The summed E-state index contributed by atoms with van der Waals surface area (Å²) in [7, 11) is 0. The van der Waals surface area contributed by atoms with Crippen LogP contribution in [0, 0.1) is 29.9 Å². The van der Waals surface area contributed by atoms with Gasteiger partial charge >= 0.3 is 6.18 Å². The summed E-state index contributed by atoms with van der Waals surface area (Å²) in [6, 6.07) is 3.41. The van der Waals surface area contributed by atoms with Crippen molar-refractivity contribution in [3.8, 4) is 6.07 Å². The van der Waals surface area contributed by atoms with Gasteiger partial charge in [0.2, 0.25) is 5.91 Å². The van der Waals surface area contributed by atoms with Gasteiger partial charge in [-0.25, -0.2) is 8.78 Å². The summed E-state index contributed by atoms with van der Waals surface area (Å²) in [5.41, 5.74) is -4.41. The number of pyridine rings is 2. The fourth-order valence-corrected chi connectivity index (χ4v) is 4.35. The number of fused-ring (bicyclic) bond motifs is 1. The van der Waals surface area contributed by atoms with E-state index in [2.05, 4.69) is 15.3 Å². The second kappa shape index (κ2) is 7.90. The van der Waals surface area contributed by atoms with Crippen molar-refractivity contribution < 1.29 is 26.7 Å². The first-order valence-electron chi connectivity index (χ1n) is 10.2. The Morgan fingerprint density at radius 1 is 1.26 bits per heavy atom. The second-order valence-electron chi connectivity index (χ2n) is 8.28. The van der Waals surface area contributed by atoms with Gasteiger partial charge in [-0.1, -0.05) is 0 Å². The number of nitrogens with one attached hydrogen (secondary N) is 2. The van der Waals surface area contributed by atoms with Gasteiger partial charge in [0.15, 0.2) is 0 Å². The van der Waals surface area contributed by atoms with Crippen LogP contribution >= 0.6 is 0 Å². The Bertz CT molecular complexity index is 1430. The Hall–Kier alpha value is -3.81. The molecule has 1 atom stereocenters.